The number of nitrogens with zero attached hydrogens (tertiary/aromatic N) is 3. The molecule has 1 heterocycles. The largest absolute Gasteiger partial charge is 0.330 e. The molecule has 0 fully saturated rings. The van der Waals surface area contributed by atoms with E-state index in [2.05, 4.69) is 20.3 Å². The van der Waals surface area contributed by atoms with Crippen molar-refractivity contribution in [3.05, 3.63) is 12.5 Å². The summed E-state index contributed by atoms with van der Waals surface area (Å²) < 4.78 is 0. The maximum atomic E-state index is 8.20. The Morgan fingerprint density at radius 2 is 2.73 bits per heavy atom. The van der Waals surface area contributed by atoms with Crippen LogP contribution in [0.4, 0.5) is 5.82 Å². The third-order valence-electron chi connectivity index (χ3n) is 1.01. The van der Waals surface area contributed by atoms with Crippen molar-refractivity contribution in [3.63, 3.8) is 0 Å². The monoisotopic (exact) mass is 149 g/mol. The summed E-state index contributed by atoms with van der Waals surface area (Å²) in [6.45, 7) is 1.70. The smallest absolute Gasteiger partial charge is 0.182 e. The molecule has 0 radical (unpaired) electrons. The van der Waals surface area contributed by atoms with E-state index in [1.165, 1.54) is 6.33 Å². The summed E-state index contributed by atoms with van der Waals surface area (Å²) >= 11 is 0. The van der Waals surface area contributed by atoms with E-state index in [9.17, 15) is 0 Å². The lowest BCUT2D eigenvalue weighted by Crippen LogP contribution is -2.12. The average molecular weight is 149 g/mol. The summed E-state index contributed by atoms with van der Waals surface area (Å²) in [5.41, 5.74) is 0. The number of hydrogen-bond donors (Lipinski definition) is 2. The number of hydrogen-bond acceptors (Lipinski definition) is 3. The number of nitriles is 1. The molecule has 0 aliphatic carbocycles. The SMILES string of the molecule is C/C(=N/c1cnc[nH]1)NC#N. The first-order valence-electron chi connectivity index (χ1n) is 3.01. The van der Waals surface area contributed by atoms with Gasteiger partial charge in [-0.05, 0) is 6.92 Å². The van der Waals surface area contributed by atoms with E-state index in [4.69, 9.17) is 5.26 Å². The molecular formula is C6H7N5. The zero-order chi connectivity index (χ0) is 8.10. The summed E-state index contributed by atoms with van der Waals surface area (Å²) in [6.07, 6.45) is 4.86. The molecule has 2 N–H and O–H groups in total. The van der Waals surface area contributed by atoms with Crippen LogP contribution in [0, 0.1) is 11.5 Å². The van der Waals surface area contributed by atoms with E-state index in [1.807, 2.05) is 0 Å². The normalized spacial score (nSPS) is 10.7. The van der Waals surface area contributed by atoms with E-state index < -0.39 is 0 Å². The van der Waals surface area contributed by atoms with Gasteiger partial charge in [-0.3, -0.25) is 5.32 Å². The van der Waals surface area contributed by atoms with Gasteiger partial charge in [0, 0.05) is 0 Å². The molecule has 5 nitrogen and oxygen atoms in total. The van der Waals surface area contributed by atoms with Crippen molar-refractivity contribution in [2.24, 2.45) is 4.99 Å². The van der Waals surface area contributed by atoms with E-state index in [1.54, 1.807) is 19.3 Å². The molecule has 11 heavy (non-hydrogen) atoms. The highest BCUT2D eigenvalue weighted by Crippen LogP contribution is 2.02. The van der Waals surface area contributed by atoms with Gasteiger partial charge in [0.2, 0.25) is 0 Å². The lowest BCUT2D eigenvalue weighted by molar-refractivity contribution is 1.21. The summed E-state index contributed by atoms with van der Waals surface area (Å²) in [6, 6.07) is 0. The Morgan fingerprint density at radius 3 is 3.27 bits per heavy atom. The Bertz CT molecular complexity index is 278. The molecule has 0 unspecified atom stereocenters. The fourth-order valence-electron chi connectivity index (χ4n) is 0.599. The van der Waals surface area contributed by atoms with Crippen LogP contribution in [0.3, 0.4) is 0 Å². The maximum absolute atomic E-state index is 8.20. The molecule has 5 heteroatoms. The van der Waals surface area contributed by atoms with Gasteiger partial charge >= 0.3 is 0 Å². The van der Waals surface area contributed by atoms with Crippen LogP contribution in [0.2, 0.25) is 0 Å². The molecule has 0 amide bonds. The Hall–Kier alpha value is -1.83. The fourth-order valence-corrected chi connectivity index (χ4v) is 0.599. The van der Waals surface area contributed by atoms with Gasteiger partial charge in [-0.15, -0.1) is 0 Å². The minimum absolute atomic E-state index is 0.539. The number of rotatable bonds is 1. The Balaban J connectivity index is 2.68. The van der Waals surface area contributed by atoms with E-state index in [0.29, 0.717) is 11.7 Å². The minimum atomic E-state index is 0.539. The molecule has 0 aliphatic rings. The quantitative estimate of drug-likeness (QED) is 0.264. The van der Waals surface area contributed by atoms with Crippen molar-refractivity contribution in [2.45, 2.75) is 6.92 Å². The lowest BCUT2D eigenvalue weighted by Gasteiger charge is -1.91. The van der Waals surface area contributed by atoms with Crippen LogP contribution in [0.15, 0.2) is 17.5 Å². The van der Waals surface area contributed by atoms with E-state index >= 15 is 0 Å². The van der Waals surface area contributed by atoms with Gasteiger partial charge in [0.25, 0.3) is 0 Å². The Labute approximate surface area is 63.8 Å². The van der Waals surface area contributed by atoms with Gasteiger partial charge in [0.05, 0.1) is 12.5 Å². The van der Waals surface area contributed by atoms with Gasteiger partial charge in [0.1, 0.15) is 5.84 Å². The minimum Gasteiger partial charge on any atom is -0.330 e. The number of aromatic nitrogens is 2. The molecule has 0 atom stereocenters. The highest BCUT2D eigenvalue weighted by atomic mass is 15.0. The van der Waals surface area contributed by atoms with Crippen molar-refractivity contribution in [1.29, 1.82) is 5.26 Å². The summed E-state index contributed by atoms with van der Waals surface area (Å²) in [4.78, 5) is 10.5. The molecule has 0 aromatic carbocycles. The average Bonchev–Trinajstić information content (AvgIpc) is 2.40. The zero-order valence-corrected chi connectivity index (χ0v) is 6.00. The standard InChI is InChI=1S/C6H7N5/c1-5(9-3-7)11-6-2-8-4-10-6/h2,4H,1H3,(H,8,10)(H,9,11). The highest BCUT2D eigenvalue weighted by molar-refractivity contribution is 5.82. The highest BCUT2D eigenvalue weighted by Gasteiger charge is 1.89. The van der Waals surface area contributed by atoms with Crippen LogP contribution in [-0.2, 0) is 0 Å². The van der Waals surface area contributed by atoms with E-state index in [-0.39, 0.29) is 0 Å². The van der Waals surface area contributed by atoms with Crippen molar-refractivity contribution in [3.8, 4) is 6.19 Å². The van der Waals surface area contributed by atoms with Crippen LogP contribution in [0.25, 0.3) is 0 Å². The molecule has 0 saturated heterocycles. The van der Waals surface area contributed by atoms with Crippen molar-refractivity contribution < 1.29 is 0 Å². The van der Waals surface area contributed by atoms with E-state index in [0.717, 1.165) is 0 Å². The molecule has 56 valence electrons. The zero-order valence-electron chi connectivity index (χ0n) is 6.00. The van der Waals surface area contributed by atoms with Gasteiger partial charge < -0.3 is 4.98 Å². The Morgan fingerprint density at radius 1 is 1.91 bits per heavy atom. The number of aromatic amines is 1. The topological polar surface area (TPSA) is 76.9 Å². The second kappa shape index (κ2) is 3.37. The third kappa shape index (κ3) is 2.10. The number of aliphatic imine (C=N–C) groups is 1. The second-order valence-corrected chi connectivity index (χ2v) is 1.87. The number of H-pyrrole nitrogens is 1. The van der Waals surface area contributed by atoms with Crippen molar-refractivity contribution >= 4 is 11.7 Å². The van der Waals surface area contributed by atoms with Crippen LogP contribution < -0.4 is 5.32 Å². The summed E-state index contributed by atoms with van der Waals surface area (Å²) in [5.74, 6) is 1.17. The molecule has 0 spiro atoms. The molecule has 0 aliphatic heterocycles. The van der Waals surface area contributed by atoms with Crippen LogP contribution in [0.5, 0.6) is 0 Å². The fraction of sp³-hybridized carbons (Fsp3) is 0.167. The lowest BCUT2D eigenvalue weighted by atomic mass is 10.6. The van der Waals surface area contributed by atoms with Crippen molar-refractivity contribution in [1.82, 2.24) is 15.3 Å². The maximum Gasteiger partial charge on any atom is 0.182 e. The van der Waals surface area contributed by atoms with Crippen LogP contribution >= 0.6 is 0 Å². The van der Waals surface area contributed by atoms with Crippen LogP contribution in [0.1, 0.15) is 6.92 Å². The van der Waals surface area contributed by atoms with Gasteiger partial charge in [-0.1, -0.05) is 0 Å². The van der Waals surface area contributed by atoms with Gasteiger partial charge in [0.15, 0.2) is 12.0 Å². The number of nitrogens with one attached hydrogen (secondary N) is 2. The first kappa shape index (κ1) is 7.28. The molecular weight excluding hydrogens is 142 g/mol. The molecule has 1 aromatic rings. The third-order valence-corrected chi connectivity index (χ3v) is 1.01. The summed E-state index contributed by atoms with van der Waals surface area (Å²) in [7, 11) is 0. The molecule has 0 bridgehead atoms. The molecule has 1 rings (SSSR count). The molecule has 1 aromatic heterocycles. The van der Waals surface area contributed by atoms with Crippen molar-refractivity contribution in [2.75, 3.05) is 0 Å². The summed E-state index contributed by atoms with van der Waals surface area (Å²) in [5, 5.41) is 10.6. The number of imidazole rings is 1. The Kier molecular flexibility index (Phi) is 2.23. The predicted molar refractivity (Wildman–Crippen MR) is 40.1 cm³/mol. The first-order valence-corrected chi connectivity index (χ1v) is 3.01. The second-order valence-electron chi connectivity index (χ2n) is 1.87. The van der Waals surface area contributed by atoms with Crippen LogP contribution in [-0.4, -0.2) is 15.8 Å². The van der Waals surface area contributed by atoms with Gasteiger partial charge in [-0.25, -0.2) is 9.98 Å². The first-order chi connectivity index (χ1) is 5.33. The van der Waals surface area contributed by atoms with Gasteiger partial charge in [-0.2, -0.15) is 5.26 Å². The number of amidine groups is 1. The molecule has 0 saturated carbocycles. The predicted octanol–water partition coefficient (Wildman–Crippen LogP) is 0.530.